The molecule has 35 heavy (non-hydrogen) atoms. The summed E-state index contributed by atoms with van der Waals surface area (Å²) >= 11 is 0. The lowest BCUT2D eigenvalue weighted by Crippen LogP contribution is -2.39. The third kappa shape index (κ3) is 5.55. The number of nitrogens with zero attached hydrogens (tertiary/aromatic N) is 4. The minimum absolute atomic E-state index is 0.269. The first kappa shape index (κ1) is 23.5. The highest BCUT2D eigenvalue weighted by Gasteiger charge is 2.24. The maximum atomic E-state index is 12.3. The molecule has 3 aromatic rings. The van der Waals surface area contributed by atoms with Gasteiger partial charge in [0.05, 0.1) is 24.6 Å². The molecule has 0 saturated carbocycles. The smallest absolute Gasteiger partial charge is 0.410 e. The van der Waals surface area contributed by atoms with Crippen molar-refractivity contribution in [1.29, 1.82) is 0 Å². The molecule has 0 unspecified atom stereocenters. The predicted octanol–water partition coefficient (Wildman–Crippen LogP) is 4.48. The number of fused-ring (bicyclic) bond motifs is 1. The fraction of sp³-hybridized carbons (Fsp3) is 0.444. The Morgan fingerprint density at radius 2 is 1.97 bits per heavy atom. The summed E-state index contributed by atoms with van der Waals surface area (Å²) in [5.41, 5.74) is 5.78. The third-order valence-corrected chi connectivity index (χ3v) is 6.33. The lowest BCUT2D eigenvalue weighted by molar-refractivity contribution is 0.0270. The first-order valence-electron chi connectivity index (χ1n) is 12.3. The summed E-state index contributed by atoms with van der Waals surface area (Å²) < 4.78 is 11.0. The minimum atomic E-state index is -0.488. The van der Waals surface area contributed by atoms with E-state index in [-0.39, 0.29) is 6.09 Å². The molecule has 2 aliphatic heterocycles. The molecule has 0 bridgehead atoms. The van der Waals surface area contributed by atoms with E-state index in [9.17, 15) is 4.79 Å². The van der Waals surface area contributed by atoms with Crippen molar-refractivity contribution in [2.45, 2.75) is 39.3 Å². The van der Waals surface area contributed by atoms with Gasteiger partial charge in [0.15, 0.2) is 0 Å². The van der Waals surface area contributed by atoms with Gasteiger partial charge in [0.25, 0.3) is 0 Å². The Labute approximate surface area is 205 Å². The first-order chi connectivity index (χ1) is 16.9. The topological polar surface area (TPSA) is 83.6 Å². The second kappa shape index (κ2) is 9.79. The zero-order valence-electron chi connectivity index (χ0n) is 20.7. The molecule has 0 aromatic carbocycles. The monoisotopic (exact) mass is 475 g/mol. The van der Waals surface area contributed by atoms with Gasteiger partial charge in [-0.05, 0) is 57.0 Å². The molecule has 1 fully saturated rings. The molecule has 1 saturated heterocycles. The summed E-state index contributed by atoms with van der Waals surface area (Å²) in [5.74, 6) is 0. The predicted molar refractivity (Wildman–Crippen MR) is 136 cm³/mol. The molecule has 8 nitrogen and oxygen atoms in total. The Hall–Kier alpha value is -3.23. The van der Waals surface area contributed by atoms with E-state index in [1.54, 1.807) is 4.90 Å². The van der Waals surface area contributed by atoms with Crippen molar-refractivity contribution in [3.8, 4) is 11.3 Å². The number of hydrogen-bond acceptors (Lipinski definition) is 6. The van der Waals surface area contributed by atoms with E-state index in [0.29, 0.717) is 13.1 Å². The number of carbonyl (C=O) groups is 1. The van der Waals surface area contributed by atoms with Crippen LogP contribution in [0.1, 0.15) is 38.6 Å². The van der Waals surface area contributed by atoms with E-state index in [4.69, 9.17) is 14.5 Å². The van der Waals surface area contributed by atoms with Gasteiger partial charge in [-0.2, -0.15) is 0 Å². The van der Waals surface area contributed by atoms with Gasteiger partial charge in [-0.1, -0.05) is 6.08 Å². The highest BCUT2D eigenvalue weighted by molar-refractivity contribution is 5.93. The van der Waals surface area contributed by atoms with E-state index in [1.165, 1.54) is 5.69 Å². The number of carbonyl (C=O) groups excluding carboxylic acids is 1. The summed E-state index contributed by atoms with van der Waals surface area (Å²) in [7, 11) is 0. The largest absolute Gasteiger partial charge is 0.444 e. The van der Waals surface area contributed by atoms with E-state index < -0.39 is 5.60 Å². The minimum Gasteiger partial charge on any atom is -0.444 e. The Balaban J connectivity index is 1.30. The lowest BCUT2D eigenvalue weighted by atomic mass is 10.0. The van der Waals surface area contributed by atoms with Crippen molar-refractivity contribution in [2.24, 2.45) is 0 Å². The van der Waals surface area contributed by atoms with E-state index in [0.717, 1.165) is 72.7 Å². The van der Waals surface area contributed by atoms with Crippen LogP contribution < -0.4 is 0 Å². The van der Waals surface area contributed by atoms with Crippen LogP contribution in [0, 0.1) is 0 Å². The average Bonchev–Trinajstić information content (AvgIpc) is 3.26. The van der Waals surface area contributed by atoms with Crippen LogP contribution in [0.5, 0.6) is 0 Å². The highest BCUT2D eigenvalue weighted by Crippen LogP contribution is 2.29. The van der Waals surface area contributed by atoms with Gasteiger partial charge in [-0.3, -0.25) is 14.9 Å². The maximum Gasteiger partial charge on any atom is 0.410 e. The molecule has 0 spiro atoms. The number of H-pyrrole nitrogens is 1. The average molecular weight is 476 g/mol. The number of ether oxygens (including phenoxy) is 2. The quantitative estimate of drug-likeness (QED) is 0.599. The van der Waals surface area contributed by atoms with Gasteiger partial charge < -0.3 is 19.4 Å². The van der Waals surface area contributed by atoms with Gasteiger partial charge in [-0.25, -0.2) is 4.79 Å². The molecule has 0 atom stereocenters. The zero-order chi connectivity index (χ0) is 24.4. The summed E-state index contributed by atoms with van der Waals surface area (Å²) in [6, 6.07) is 8.36. The molecule has 8 heteroatoms. The molecule has 0 aliphatic carbocycles. The summed E-state index contributed by atoms with van der Waals surface area (Å²) in [6.45, 7) is 11.2. The fourth-order valence-electron chi connectivity index (χ4n) is 4.54. The number of pyridine rings is 2. The maximum absolute atomic E-state index is 12.3. The number of morpholine rings is 1. The van der Waals surface area contributed by atoms with Crippen LogP contribution in [0.4, 0.5) is 4.79 Å². The first-order valence-corrected chi connectivity index (χ1v) is 12.3. The molecule has 5 heterocycles. The van der Waals surface area contributed by atoms with Gasteiger partial charge in [-0.15, -0.1) is 0 Å². The summed E-state index contributed by atoms with van der Waals surface area (Å²) in [6.07, 6.45) is 6.29. The standard InChI is InChI=1S/C27H33N5O3/c1-27(2,3)35-26(33)32-10-7-19(8-11-32)23-5-4-20(17-29-23)25-22-16-21(30-24(22)6-9-28-25)18-31-12-14-34-15-13-31/h4-7,9,16-17,30H,8,10-15,18H2,1-3H3. The summed E-state index contributed by atoms with van der Waals surface area (Å²) in [4.78, 5) is 29.4. The van der Waals surface area contributed by atoms with Gasteiger partial charge in [0, 0.05) is 67.3 Å². The molecular formula is C27H33N5O3. The van der Waals surface area contributed by atoms with Crippen LogP contribution in [-0.2, 0) is 16.0 Å². The van der Waals surface area contributed by atoms with E-state index in [2.05, 4.69) is 33.1 Å². The molecule has 0 radical (unpaired) electrons. The fourth-order valence-corrected chi connectivity index (χ4v) is 4.54. The van der Waals surface area contributed by atoms with Crippen molar-refractivity contribution >= 4 is 22.6 Å². The normalized spacial score (nSPS) is 17.5. The second-order valence-electron chi connectivity index (χ2n) is 10.1. The molecule has 2 aliphatic rings. The lowest BCUT2D eigenvalue weighted by Gasteiger charge is -2.29. The van der Waals surface area contributed by atoms with E-state index in [1.807, 2.05) is 45.3 Å². The number of amides is 1. The van der Waals surface area contributed by atoms with Gasteiger partial charge in [0.2, 0.25) is 0 Å². The van der Waals surface area contributed by atoms with Crippen LogP contribution >= 0.6 is 0 Å². The molecule has 1 N–H and O–H groups in total. The number of hydrogen-bond donors (Lipinski definition) is 1. The molecule has 184 valence electrons. The van der Waals surface area contributed by atoms with Crippen molar-refractivity contribution in [3.63, 3.8) is 0 Å². The van der Waals surface area contributed by atoms with Crippen molar-refractivity contribution in [2.75, 3.05) is 39.4 Å². The number of nitrogens with one attached hydrogen (secondary N) is 1. The summed E-state index contributed by atoms with van der Waals surface area (Å²) in [5, 5.41) is 1.11. The molecule has 1 amide bonds. The van der Waals surface area contributed by atoms with Crippen LogP contribution in [0.25, 0.3) is 27.7 Å². The Morgan fingerprint density at radius 1 is 1.14 bits per heavy atom. The zero-order valence-corrected chi connectivity index (χ0v) is 20.7. The second-order valence-corrected chi connectivity index (χ2v) is 10.1. The van der Waals surface area contributed by atoms with Crippen LogP contribution in [0.15, 0.2) is 42.7 Å². The molecule has 3 aromatic heterocycles. The Bertz CT molecular complexity index is 1220. The van der Waals surface area contributed by atoms with E-state index >= 15 is 0 Å². The van der Waals surface area contributed by atoms with Crippen molar-refractivity contribution in [1.82, 2.24) is 24.8 Å². The van der Waals surface area contributed by atoms with Gasteiger partial charge in [0.1, 0.15) is 5.60 Å². The van der Waals surface area contributed by atoms with Crippen molar-refractivity contribution in [3.05, 3.63) is 54.1 Å². The number of aromatic nitrogens is 3. The van der Waals surface area contributed by atoms with Crippen LogP contribution in [-0.4, -0.2) is 75.8 Å². The Morgan fingerprint density at radius 3 is 2.66 bits per heavy atom. The number of rotatable bonds is 4. The van der Waals surface area contributed by atoms with Crippen LogP contribution in [0.3, 0.4) is 0 Å². The Kier molecular flexibility index (Phi) is 6.58. The molecule has 5 rings (SSSR count). The number of aromatic amines is 1. The highest BCUT2D eigenvalue weighted by atomic mass is 16.6. The molecular weight excluding hydrogens is 442 g/mol. The van der Waals surface area contributed by atoms with Crippen LogP contribution in [0.2, 0.25) is 0 Å². The van der Waals surface area contributed by atoms with Gasteiger partial charge >= 0.3 is 6.09 Å². The SMILES string of the molecule is CC(C)(C)OC(=O)N1CC=C(c2ccc(-c3nccc4[nH]c(CN5CCOCC5)cc34)cn2)CC1. The van der Waals surface area contributed by atoms with Crippen molar-refractivity contribution < 1.29 is 14.3 Å². The third-order valence-electron chi connectivity index (χ3n) is 6.33.